The van der Waals surface area contributed by atoms with Crippen LogP contribution in [0.5, 0.6) is 5.75 Å². The predicted octanol–water partition coefficient (Wildman–Crippen LogP) is 1.55. The Hall–Kier alpha value is -2.68. The van der Waals surface area contributed by atoms with Gasteiger partial charge in [-0.25, -0.2) is 0 Å². The normalized spacial score (nSPS) is 22.7. The topological polar surface area (TPSA) is 117 Å². The second kappa shape index (κ2) is 8.43. The van der Waals surface area contributed by atoms with Gasteiger partial charge >= 0.3 is 5.97 Å². The molecule has 0 saturated carbocycles. The van der Waals surface area contributed by atoms with Crippen LogP contribution in [0.2, 0.25) is 0 Å². The van der Waals surface area contributed by atoms with Crippen molar-refractivity contribution in [2.45, 2.75) is 45.1 Å². The van der Waals surface area contributed by atoms with Gasteiger partial charge in [-0.3, -0.25) is 19.7 Å². The Morgan fingerprint density at radius 2 is 1.96 bits per heavy atom. The molecule has 0 aromatic heterocycles. The van der Waals surface area contributed by atoms with Gasteiger partial charge in [-0.05, 0) is 25.0 Å². The van der Waals surface area contributed by atoms with Crippen LogP contribution in [-0.4, -0.2) is 41.8 Å². The molecule has 0 spiro atoms. The maximum atomic E-state index is 11.4. The van der Waals surface area contributed by atoms with Crippen LogP contribution in [0.25, 0.3) is 0 Å². The van der Waals surface area contributed by atoms with Crippen molar-refractivity contribution in [1.82, 2.24) is 5.32 Å². The summed E-state index contributed by atoms with van der Waals surface area (Å²) in [6.07, 6.45) is 0.0400. The summed E-state index contributed by atoms with van der Waals surface area (Å²) < 4.78 is 16.5. The highest BCUT2D eigenvalue weighted by atomic mass is 16.7. The maximum Gasteiger partial charge on any atom is 0.302 e. The number of benzene rings is 1. The molecular formula is C16H20N2O7. The number of amides is 1. The van der Waals surface area contributed by atoms with Gasteiger partial charge in [-0.15, -0.1) is 0 Å². The molecule has 1 fully saturated rings. The fraction of sp³-hybridized carbons (Fsp3) is 0.500. The number of non-ortho nitro benzene ring substituents is 1. The Morgan fingerprint density at radius 1 is 1.28 bits per heavy atom. The Kier molecular flexibility index (Phi) is 6.29. The Balaban J connectivity index is 2.05. The van der Waals surface area contributed by atoms with Crippen LogP contribution in [0, 0.1) is 10.1 Å². The van der Waals surface area contributed by atoms with Crippen molar-refractivity contribution in [3.05, 3.63) is 34.4 Å². The smallest absolute Gasteiger partial charge is 0.302 e. The molecule has 1 aliphatic rings. The number of nitrogens with zero attached hydrogens (tertiary/aromatic N) is 1. The molecule has 1 heterocycles. The van der Waals surface area contributed by atoms with Gasteiger partial charge in [0, 0.05) is 26.0 Å². The van der Waals surface area contributed by atoms with E-state index in [2.05, 4.69) is 5.32 Å². The minimum Gasteiger partial charge on any atom is -0.463 e. The van der Waals surface area contributed by atoms with Gasteiger partial charge < -0.3 is 19.5 Å². The molecule has 3 atom stereocenters. The molecule has 1 aromatic rings. The lowest BCUT2D eigenvalue weighted by molar-refractivity contribution is -0.384. The van der Waals surface area contributed by atoms with Crippen LogP contribution in [0.3, 0.4) is 0 Å². The zero-order valence-electron chi connectivity index (χ0n) is 14.0. The average molecular weight is 352 g/mol. The number of ether oxygens (including phenoxy) is 3. The van der Waals surface area contributed by atoms with E-state index in [1.165, 1.54) is 38.1 Å². The number of rotatable bonds is 6. The van der Waals surface area contributed by atoms with Crippen molar-refractivity contribution < 1.29 is 28.7 Å². The summed E-state index contributed by atoms with van der Waals surface area (Å²) in [4.78, 5) is 32.5. The van der Waals surface area contributed by atoms with Gasteiger partial charge in [0.05, 0.1) is 17.1 Å². The monoisotopic (exact) mass is 352 g/mol. The highest BCUT2D eigenvalue weighted by Gasteiger charge is 2.34. The van der Waals surface area contributed by atoms with Crippen molar-refractivity contribution in [3.63, 3.8) is 0 Å². The fourth-order valence-electron chi connectivity index (χ4n) is 2.48. The van der Waals surface area contributed by atoms with E-state index in [9.17, 15) is 19.7 Å². The van der Waals surface area contributed by atoms with E-state index < -0.39 is 17.2 Å². The number of carbonyl (C=O) groups is 2. The Morgan fingerprint density at radius 3 is 2.52 bits per heavy atom. The first-order valence-corrected chi connectivity index (χ1v) is 7.82. The summed E-state index contributed by atoms with van der Waals surface area (Å²) in [5.74, 6) is -0.246. The number of hydrogen-bond donors (Lipinski definition) is 1. The van der Waals surface area contributed by atoms with Crippen LogP contribution >= 0.6 is 0 Å². The van der Waals surface area contributed by atoms with E-state index in [0.717, 1.165) is 0 Å². The summed E-state index contributed by atoms with van der Waals surface area (Å²) in [6.45, 7) is 2.81. The molecule has 9 heteroatoms. The molecule has 136 valence electrons. The first-order valence-electron chi connectivity index (χ1n) is 7.82. The Labute approximate surface area is 144 Å². The molecule has 0 radical (unpaired) electrons. The number of esters is 1. The third kappa shape index (κ3) is 5.71. The summed E-state index contributed by atoms with van der Waals surface area (Å²) in [5.41, 5.74) is -0.0527. The van der Waals surface area contributed by atoms with Crippen LogP contribution in [0.4, 0.5) is 5.69 Å². The first kappa shape index (κ1) is 18.7. The molecule has 0 bridgehead atoms. The molecule has 2 rings (SSSR count). The Bertz CT molecular complexity index is 632. The molecule has 1 aliphatic heterocycles. The van der Waals surface area contributed by atoms with Gasteiger partial charge in [0.1, 0.15) is 12.4 Å². The molecule has 1 N–H and O–H groups in total. The van der Waals surface area contributed by atoms with E-state index in [0.29, 0.717) is 18.6 Å². The maximum absolute atomic E-state index is 11.4. The molecule has 0 aliphatic carbocycles. The number of hydrogen-bond acceptors (Lipinski definition) is 7. The first-order chi connectivity index (χ1) is 11.8. The van der Waals surface area contributed by atoms with Crippen LogP contribution in [-0.2, 0) is 19.1 Å². The van der Waals surface area contributed by atoms with Crippen LogP contribution < -0.4 is 10.1 Å². The van der Waals surface area contributed by atoms with Gasteiger partial charge in [-0.2, -0.15) is 0 Å². The number of nitrogens with one attached hydrogen (secondary N) is 1. The lowest BCUT2D eigenvalue weighted by atomic mass is 10.0. The molecular weight excluding hydrogens is 332 g/mol. The molecule has 1 amide bonds. The summed E-state index contributed by atoms with van der Waals surface area (Å²) in [5, 5.41) is 13.5. The number of carbonyl (C=O) groups excluding carboxylic acids is 2. The molecule has 1 unspecified atom stereocenters. The van der Waals surface area contributed by atoms with E-state index in [1.807, 2.05) is 0 Å². The lowest BCUT2D eigenvalue weighted by Gasteiger charge is -2.36. The molecule has 1 aromatic carbocycles. The molecule has 25 heavy (non-hydrogen) atoms. The second-order valence-corrected chi connectivity index (χ2v) is 5.68. The zero-order chi connectivity index (χ0) is 18.4. The second-order valence-electron chi connectivity index (χ2n) is 5.68. The predicted molar refractivity (Wildman–Crippen MR) is 85.9 cm³/mol. The van der Waals surface area contributed by atoms with E-state index in [1.54, 1.807) is 0 Å². The summed E-state index contributed by atoms with van der Waals surface area (Å²) in [6, 6.07) is 5.19. The standard InChI is InChI=1S/C16H20N2O7/c1-10(19)17-15-8-7-14(9-23-11(2)20)25-16(15)24-13-5-3-12(4-6-13)18(21)22/h3-6,14-16H,7-9H2,1-2H3,(H,17,19)/t14?,15-,16-/m1/s1. The van der Waals surface area contributed by atoms with Crippen molar-refractivity contribution >= 4 is 17.6 Å². The third-order valence-electron chi connectivity index (χ3n) is 3.62. The van der Waals surface area contributed by atoms with Gasteiger partial charge in [0.2, 0.25) is 12.2 Å². The van der Waals surface area contributed by atoms with Crippen LogP contribution in [0.1, 0.15) is 26.7 Å². The zero-order valence-corrected chi connectivity index (χ0v) is 14.0. The van der Waals surface area contributed by atoms with Gasteiger partial charge in [0.15, 0.2) is 0 Å². The van der Waals surface area contributed by atoms with E-state index in [-0.39, 0.29) is 30.3 Å². The largest absolute Gasteiger partial charge is 0.463 e. The van der Waals surface area contributed by atoms with Crippen LogP contribution in [0.15, 0.2) is 24.3 Å². The highest BCUT2D eigenvalue weighted by molar-refractivity contribution is 5.73. The lowest BCUT2D eigenvalue weighted by Crippen LogP contribution is -2.52. The third-order valence-corrected chi connectivity index (χ3v) is 3.62. The quantitative estimate of drug-likeness (QED) is 0.469. The van der Waals surface area contributed by atoms with Crippen molar-refractivity contribution in [1.29, 1.82) is 0 Å². The fourth-order valence-corrected chi connectivity index (χ4v) is 2.48. The molecule has 1 saturated heterocycles. The average Bonchev–Trinajstić information content (AvgIpc) is 2.55. The molecule has 9 nitrogen and oxygen atoms in total. The van der Waals surface area contributed by atoms with E-state index in [4.69, 9.17) is 14.2 Å². The van der Waals surface area contributed by atoms with E-state index >= 15 is 0 Å². The minimum atomic E-state index is -0.792. The van der Waals surface area contributed by atoms with Crippen molar-refractivity contribution in [2.24, 2.45) is 0 Å². The van der Waals surface area contributed by atoms with Gasteiger partial charge in [-0.1, -0.05) is 0 Å². The number of nitro groups is 1. The summed E-state index contributed by atoms with van der Waals surface area (Å²) >= 11 is 0. The summed E-state index contributed by atoms with van der Waals surface area (Å²) in [7, 11) is 0. The van der Waals surface area contributed by atoms with Gasteiger partial charge in [0.25, 0.3) is 5.69 Å². The highest BCUT2D eigenvalue weighted by Crippen LogP contribution is 2.25. The van der Waals surface area contributed by atoms with Crippen molar-refractivity contribution in [3.8, 4) is 5.75 Å². The number of nitro benzene ring substituents is 1. The van der Waals surface area contributed by atoms with Crippen molar-refractivity contribution in [2.75, 3.05) is 6.61 Å². The minimum absolute atomic E-state index is 0.0527. The SMILES string of the molecule is CC(=O)N[C@@H]1CCC(COC(C)=O)O[C@H]1Oc1ccc([N+](=O)[O-])cc1.